The van der Waals surface area contributed by atoms with Crippen molar-refractivity contribution < 1.29 is 0 Å². The number of rotatable bonds is 2. The Morgan fingerprint density at radius 3 is 2.57 bits per heavy atom. The summed E-state index contributed by atoms with van der Waals surface area (Å²) in [4.78, 5) is 4.41. The first kappa shape index (κ1) is 9.83. The van der Waals surface area contributed by atoms with Gasteiger partial charge in [0.2, 0.25) is 0 Å². The molecule has 0 atom stereocenters. The van der Waals surface area contributed by atoms with E-state index in [1.54, 1.807) is 11.3 Å². The first-order chi connectivity index (χ1) is 6.79. The monoisotopic (exact) mass is 268 g/mol. The van der Waals surface area contributed by atoms with Gasteiger partial charge in [0.15, 0.2) is 0 Å². The molecule has 1 aromatic carbocycles. The zero-order chi connectivity index (χ0) is 9.97. The summed E-state index contributed by atoms with van der Waals surface area (Å²) in [6.45, 7) is 0.515. The number of hydrogen-bond donors (Lipinski definition) is 1. The molecule has 1 heterocycles. The molecular formula is C10H9BrN2S. The molecule has 4 heteroatoms. The van der Waals surface area contributed by atoms with Gasteiger partial charge >= 0.3 is 0 Å². The van der Waals surface area contributed by atoms with Gasteiger partial charge in [-0.3, -0.25) is 0 Å². The van der Waals surface area contributed by atoms with Gasteiger partial charge < -0.3 is 5.73 Å². The third kappa shape index (κ3) is 2.03. The molecule has 0 amide bonds. The number of hydrogen-bond acceptors (Lipinski definition) is 3. The van der Waals surface area contributed by atoms with E-state index < -0.39 is 0 Å². The first-order valence-corrected chi connectivity index (χ1v) is 5.87. The molecule has 0 unspecified atom stereocenters. The van der Waals surface area contributed by atoms with E-state index in [9.17, 15) is 0 Å². The molecule has 14 heavy (non-hydrogen) atoms. The molecule has 0 radical (unpaired) electrons. The van der Waals surface area contributed by atoms with Crippen LogP contribution < -0.4 is 5.73 Å². The Labute approximate surface area is 94.9 Å². The minimum Gasteiger partial charge on any atom is -0.325 e. The smallest absolute Gasteiger partial charge is 0.107 e. The number of thiazole rings is 1. The maximum atomic E-state index is 5.51. The van der Waals surface area contributed by atoms with Crippen LogP contribution in [0.25, 0.3) is 11.3 Å². The predicted molar refractivity (Wildman–Crippen MR) is 63.1 cm³/mol. The van der Waals surface area contributed by atoms with Crippen LogP contribution in [0.15, 0.2) is 34.1 Å². The van der Waals surface area contributed by atoms with Gasteiger partial charge in [0.1, 0.15) is 5.01 Å². The van der Waals surface area contributed by atoms with Crippen LogP contribution in [-0.2, 0) is 6.54 Å². The number of halogens is 1. The predicted octanol–water partition coefficient (Wildman–Crippen LogP) is 3.03. The van der Waals surface area contributed by atoms with Crippen molar-refractivity contribution in [1.29, 1.82) is 0 Å². The Bertz CT molecular complexity index is 422. The van der Waals surface area contributed by atoms with Gasteiger partial charge in [0, 0.05) is 22.0 Å². The van der Waals surface area contributed by atoms with Crippen molar-refractivity contribution in [2.45, 2.75) is 6.54 Å². The van der Waals surface area contributed by atoms with Crippen molar-refractivity contribution in [3.05, 3.63) is 39.1 Å². The van der Waals surface area contributed by atoms with E-state index in [1.807, 2.05) is 29.6 Å². The Kier molecular flexibility index (Phi) is 2.96. The van der Waals surface area contributed by atoms with Crippen molar-refractivity contribution >= 4 is 27.3 Å². The molecule has 0 saturated carbocycles. The Morgan fingerprint density at radius 2 is 2.00 bits per heavy atom. The minimum atomic E-state index is 0.515. The van der Waals surface area contributed by atoms with Crippen LogP contribution >= 0.6 is 27.3 Å². The second kappa shape index (κ2) is 4.21. The van der Waals surface area contributed by atoms with E-state index in [1.165, 1.54) is 0 Å². The van der Waals surface area contributed by atoms with Crippen molar-refractivity contribution in [3.63, 3.8) is 0 Å². The fraction of sp³-hybridized carbons (Fsp3) is 0.100. The van der Waals surface area contributed by atoms with Crippen LogP contribution in [0.5, 0.6) is 0 Å². The summed E-state index contributed by atoms with van der Waals surface area (Å²) in [6, 6.07) is 8.10. The van der Waals surface area contributed by atoms with Crippen molar-refractivity contribution in [1.82, 2.24) is 4.98 Å². The highest BCUT2D eigenvalue weighted by Crippen LogP contribution is 2.23. The molecule has 1 aromatic heterocycles. The maximum Gasteiger partial charge on any atom is 0.107 e. The third-order valence-corrected chi connectivity index (χ3v) is 3.27. The summed E-state index contributed by atoms with van der Waals surface area (Å²) in [7, 11) is 0. The van der Waals surface area contributed by atoms with E-state index in [-0.39, 0.29) is 0 Å². The third-order valence-electron chi connectivity index (χ3n) is 1.87. The summed E-state index contributed by atoms with van der Waals surface area (Å²) < 4.78 is 1.08. The molecule has 0 aliphatic heterocycles. The number of nitrogens with zero attached hydrogens (tertiary/aromatic N) is 1. The van der Waals surface area contributed by atoms with Crippen molar-refractivity contribution in [3.8, 4) is 11.3 Å². The maximum absolute atomic E-state index is 5.51. The summed E-state index contributed by atoms with van der Waals surface area (Å²) >= 11 is 5.00. The molecule has 2 rings (SSSR count). The van der Waals surface area contributed by atoms with Crippen molar-refractivity contribution in [2.75, 3.05) is 0 Å². The van der Waals surface area contributed by atoms with Gasteiger partial charge in [-0.1, -0.05) is 28.1 Å². The number of aromatic nitrogens is 1. The van der Waals surface area contributed by atoms with E-state index in [2.05, 4.69) is 20.9 Å². The topological polar surface area (TPSA) is 38.9 Å². The van der Waals surface area contributed by atoms with Gasteiger partial charge in [-0.15, -0.1) is 11.3 Å². The molecule has 0 saturated heterocycles. The molecule has 0 aliphatic carbocycles. The SMILES string of the molecule is NCc1nc(-c2ccc(Br)cc2)cs1. The highest BCUT2D eigenvalue weighted by molar-refractivity contribution is 9.10. The van der Waals surface area contributed by atoms with Crippen molar-refractivity contribution in [2.24, 2.45) is 5.73 Å². The highest BCUT2D eigenvalue weighted by atomic mass is 79.9. The Balaban J connectivity index is 2.34. The zero-order valence-electron chi connectivity index (χ0n) is 7.40. The summed E-state index contributed by atoms with van der Waals surface area (Å²) in [5.41, 5.74) is 7.64. The second-order valence-corrected chi connectivity index (χ2v) is 4.70. The molecule has 0 aliphatic rings. The van der Waals surface area contributed by atoms with Crippen LogP contribution in [0.4, 0.5) is 0 Å². The molecule has 0 spiro atoms. The molecule has 72 valence electrons. The second-order valence-electron chi connectivity index (χ2n) is 2.84. The average Bonchev–Trinajstić information content (AvgIpc) is 2.67. The fourth-order valence-corrected chi connectivity index (χ4v) is 2.11. The van der Waals surface area contributed by atoms with E-state index in [0.717, 1.165) is 20.7 Å². The standard InChI is InChI=1S/C10H9BrN2S/c11-8-3-1-7(2-4-8)9-6-14-10(5-12)13-9/h1-4,6H,5,12H2. The largest absolute Gasteiger partial charge is 0.325 e. The van der Waals surface area contributed by atoms with Crippen LogP contribution in [0.1, 0.15) is 5.01 Å². The van der Waals surface area contributed by atoms with Crippen LogP contribution in [-0.4, -0.2) is 4.98 Å². The van der Waals surface area contributed by atoms with E-state index in [4.69, 9.17) is 5.73 Å². The van der Waals surface area contributed by atoms with Crippen LogP contribution in [0, 0.1) is 0 Å². The first-order valence-electron chi connectivity index (χ1n) is 4.20. The lowest BCUT2D eigenvalue weighted by molar-refractivity contribution is 1.04. The Hall–Kier alpha value is -0.710. The normalized spacial score (nSPS) is 10.4. The van der Waals surface area contributed by atoms with E-state index in [0.29, 0.717) is 6.54 Å². The molecule has 2 aromatic rings. The number of benzene rings is 1. The van der Waals surface area contributed by atoms with Gasteiger partial charge in [0.25, 0.3) is 0 Å². The summed E-state index contributed by atoms with van der Waals surface area (Å²) in [5.74, 6) is 0. The molecular weight excluding hydrogens is 260 g/mol. The minimum absolute atomic E-state index is 0.515. The quantitative estimate of drug-likeness (QED) is 0.910. The van der Waals surface area contributed by atoms with Gasteiger partial charge in [-0.25, -0.2) is 4.98 Å². The molecule has 0 fully saturated rings. The zero-order valence-corrected chi connectivity index (χ0v) is 9.81. The summed E-state index contributed by atoms with van der Waals surface area (Å²) in [6.07, 6.45) is 0. The lowest BCUT2D eigenvalue weighted by Crippen LogP contribution is -1.94. The fourth-order valence-electron chi connectivity index (χ4n) is 1.16. The van der Waals surface area contributed by atoms with Gasteiger partial charge in [0.05, 0.1) is 5.69 Å². The average molecular weight is 269 g/mol. The lowest BCUT2D eigenvalue weighted by Gasteiger charge is -1.95. The highest BCUT2D eigenvalue weighted by Gasteiger charge is 2.02. The van der Waals surface area contributed by atoms with Crippen LogP contribution in [0.3, 0.4) is 0 Å². The molecule has 2 N–H and O–H groups in total. The van der Waals surface area contributed by atoms with Crippen LogP contribution in [0.2, 0.25) is 0 Å². The molecule has 0 bridgehead atoms. The Morgan fingerprint density at radius 1 is 1.29 bits per heavy atom. The number of nitrogens with two attached hydrogens (primary N) is 1. The van der Waals surface area contributed by atoms with Gasteiger partial charge in [-0.2, -0.15) is 0 Å². The molecule has 2 nitrogen and oxygen atoms in total. The van der Waals surface area contributed by atoms with E-state index >= 15 is 0 Å². The van der Waals surface area contributed by atoms with Gasteiger partial charge in [-0.05, 0) is 12.1 Å². The lowest BCUT2D eigenvalue weighted by atomic mass is 10.2. The summed E-state index contributed by atoms with van der Waals surface area (Å²) in [5, 5.41) is 3.01.